The maximum absolute atomic E-state index is 11.7. The summed E-state index contributed by atoms with van der Waals surface area (Å²) < 4.78 is 5.48. The van der Waals surface area contributed by atoms with Crippen LogP contribution in [-0.4, -0.2) is 43.6 Å². The summed E-state index contributed by atoms with van der Waals surface area (Å²) in [7, 11) is 3.99. The summed E-state index contributed by atoms with van der Waals surface area (Å²) in [6.45, 7) is 5.13. The summed E-state index contributed by atoms with van der Waals surface area (Å²) in [4.78, 5) is 13.8. The van der Waals surface area contributed by atoms with Gasteiger partial charge < -0.3 is 20.7 Å². The van der Waals surface area contributed by atoms with Crippen LogP contribution in [0.25, 0.3) is 0 Å². The second-order valence-electron chi connectivity index (χ2n) is 5.65. The molecular formula is C15H25N3O2. The number of carbonyl (C=O) groups excluding carboxylic acids is 1. The fourth-order valence-corrected chi connectivity index (χ4v) is 1.39. The molecule has 0 saturated heterocycles. The zero-order valence-electron chi connectivity index (χ0n) is 12.8. The van der Waals surface area contributed by atoms with Gasteiger partial charge in [0.05, 0.1) is 13.0 Å². The van der Waals surface area contributed by atoms with E-state index >= 15 is 0 Å². The second-order valence-corrected chi connectivity index (χ2v) is 5.65. The van der Waals surface area contributed by atoms with Gasteiger partial charge in [0.1, 0.15) is 5.75 Å². The molecule has 0 fully saturated rings. The molecule has 0 aliphatic rings. The van der Waals surface area contributed by atoms with E-state index in [1.807, 2.05) is 14.1 Å². The molecule has 20 heavy (non-hydrogen) atoms. The minimum absolute atomic E-state index is 0.00429. The average Bonchev–Trinajstić information content (AvgIpc) is 2.39. The van der Waals surface area contributed by atoms with Gasteiger partial charge in [-0.3, -0.25) is 4.79 Å². The quantitative estimate of drug-likeness (QED) is 0.742. The zero-order valence-corrected chi connectivity index (χ0v) is 12.8. The smallest absolute Gasteiger partial charge is 0.223 e. The van der Waals surface area contributed by atoms with Crippen LogP contribution in [0.5, 0.6) is 5.75 Å². The van der Waals surface area contributed by atoms with E-state index in [4.69, 9.17) is 10.5 Å². The van der Waals surface area contributed by atoms with E-state index in [9.17, 15) is 4.79 Å². The molecule has 0 unspecified atom stereocenters. The number of rotatable bonds is 7. The number of nitrogens with one attached hydrogen (secondary N) is 1. The van der Waals surface area contributed by atoms with Crippen molar-refractivity contribution in [3.63, 3.8) is 0 Å². The molecule has 0 heterocycles. The highest BCUT2D eigenvalue weighted by Crippen LogP contribution is 2.13. The molecule has 3 N–H and O–H groups in total. The summed E-state index contributed by atoms with van der Waals surface area (Å²) in [5.41, 5.74) is 6.22. The van der Waals surface area contributed by atoms with Crippen LogP contribution in [0.15, 0.2) is 24.3 Å². The van der Waals surface area contributed by atoms with E-state index in [0.717, 1.165) is 5.75 Å². The number of anilines is 1. The van der Waals surface area contributed by atoms with Gasteiger partial charge in [0.15, 0.2) is 0 Å². The molecule has 0 radical (unpaired) electrons. The molecule has 0 saturated carbocycles. The third kappa shape index (κ3) is 5.48. The lowest BCUT2D eigenvalue weighted by Crippen LogP contribution is -2.48. The Balaban J connectivity index is 2.25. The fourth-order valence-electron chi connectivity index (χ4n) is 1.39. The Kier molecular flexibility index (Phi) is 5.82. The van der Waals surface area contributed by atoms with Gasteiger partial charge in [-0.25, -0.2) is 0 Å². The largest absolute Gasteiger partial charge is 0.493 e. The summed E-state index contributed by atoms with van der Waals surface area (Å²) in [5.74, 6) is 0.719. The molecule has 0 aromatic heterocycles. The van der Waals surface area contributed by atoms with Crippen LogP contribution in [-0.2, 0) is 4.79 Å². The third-order valence-electron chi connectivity index (χ3n) is 3.41. The van der Waals surface area contributed by atoms with E-state index in [2.05, 4.69) is 24.1 Å². The van der Waals surface area contributed by atoms with Crippen LogP contribution in [0.4, 0.5) is 5.69 Å². The lowest BCUT2D eigenvalue weighted by molar-refractivity contribution is -0.122. The number of likely N-dealkylation sites (N-methyl/N-ethyl adjacent to an activating group) is 1. The Morgan fingerprint density at radius 2 is 1.90 bits per heavy atom. The van der Waals surface area contributed by atoms with Gasteiger partial charge >= 0.3 is 0 Å². The molecule has 5 nitrogen and oxygen atoms in total. The summed E-state index contributed by atoms with van der Waals surface area (Å²) in [6, 6.07) is 7.13. The number of hydrogen-bond donors (Lipinski definition) is 2. The van der Waals surface area contributed by atoms with Gasteiger partial charge in [0, 0.05) is 17.8 Å². The molecule has 5 heteroatoms. The van der Waals surface area contributed by atoms with Gasteiger partial charge in [0.25, 0.3) is 0 Å². The van der Waals surface area contributed by atoms with Crippen LogP contribution < -0.4 is 15.8 Å². The molecule has 1 aromatic rings. The first-order chi connectivity index (χ1) is 9.31. The van der Waals surface area contributed by atoms with Gasteiger partial charge in [-0.15, -0.1) is 0 Å². The van der Waals surface area contributed by atoms with E-state index in [1.54, 1.807) is 24.3 Å². The zero-order chi connectivity index (χ0) is 15.2. The Hall–Kier alpha value is -1.75. The van der Waals surface area contributed by atoms with Crippen LogP contribution in [0.2, 0.25) is 0 Å². The number of hydrogen-bond acceptors (Lipinski definition) is 4. The van der Waals surface area contributed by atoms with Crippen molar-refractivity contribution in [1.82, 2.24) is 10.2 Å². The molecule has 1 amide bonds. The molecule has 0 spiro atoms. The van der Waals surface area contributed by atoms with Crippen molar-refractivity contribution in [1.29, 1.82) is 0 Å². The first kappa shape index (κ1) is 16.3. The number of nitrogen functional groups attached to an aromatic ring is 1. The maximum Gasteiger partial charge on any atom is 0.223 e. The SMILES string of the molecule is CN(C)C(C)(C)CNC(=O)CCOc1ccc(N)cc1. The molecule has 1 aromatic carbocycles. The van der Waals surface area contributed by atoms with Crippen LogP contribution in [0.3, 0.4) is 0 Å². The van der Waals surface area contributed by atoms with Gasteiger partial charge in [0.2, 0.25) is 5.91 Å². The highest BCUT2D eigenvalue weighted by atomic mass is 16.5. The van der Waals surface area contributed by atoms with E-state index in [1.165, 1.54) is 0 Å². The van der Waals surface area contributed by atoms with Gasteiger partial charge in [-0.2, -0.15) is 0 Å². The van der Waals surface area contributed by atoms with Crippen LogP contribution in [0, 0.1) is 0 Å². The van der Waals surface area contributed by atoms with Crippen molar-refractivity contribution < 1.29 is 9.53 Å². The Bertz CT molecular complexity index is 427. The highest BCUT2D eigenvalue weighted by molar-refractivity contribution is 5.76. The standard InChI is InChI=1S/C15H25N3O2/c1-15(2,18(3)4)11-17-14(19)9-10-20-13-7-5-12(16)6-8-13/h5-8H,9-11,16H2,1-4H3,(H,17,19). The van der Waals surface area contributed by atoms with E-state index in [0.29, 0.717) is 25.3 Å². The van der Waals surface area contributed by atoms with Crippen molar-refractivity contribution >= 4 is 11.6 Å². The van der Waals surface area contributed by atoms with Crippen molar-refractivity contribution in [3.8, 4) is 5.75 Å². The number of ether oxygens (including phenoxy) is 1. The predicted octanol–water partition coefficient (Wildman–Crippen LogP) is 1.49. The normalized spacial score (nSPS) is 11.4. The number of benzene rings is 1. The maximum atomic E-state index is 11.7. The van der Waals surface area contributed by atoms with Crippen molar-refractivity contribution in [3.05, 3.63) is 24.3 Å². The monoisotopic (exact) mass is 279 g/mol. The van der Waals surface area contributed by atoms with Crippen molar-refractivity contribution in [2.24, 2.45) is 0 Å². The Morgan fingerprint density at radius 3 is 2.45 bits per heavy atom. The predicted molar refractivity (Wildman–Crippen MR) is 81.7 cm³/mol. The van der Waals surface area contributed by atoms with Crippen LogP contribution >= 0.6 is 0 Å². The van der Waals surface area contributed by atoms with Gasteiger partial charge in [-0.05, 0) is 52.2 Å². The Labute approximate surface area is 121 Å². The van der Waals surface area contributed by atoms with E-state index in [-0.39, 0.29) is 11.4 Å². The molecule has 0 aliphatic heterocycles. The lowest BCUT2D eigenvalue weighted by Gasteiger charge is -2.32. The molecule has 112 valence electrons. The van der Waals surface area contributed by atoms with Crippen molar-refractivity contribution in [2.75, 3.05) is 33.0 Å². The topological polar surface area (TPSA) is 67.6 Å². The minimum atomic E-state index is -0.0620. The number of amides is 1. The van der Waals surface area contributed by atoms with Crippen molar-refractivity contribution in [2.45, 2.75) is 25.8 Å². The average molecular weight is 279 g/mol. The van der Waals surface area contributed by atoms with Crippen LogP contribution in [0.1, 0.15) is 20.3 Å². The number of nitrogens with zero attached hydrogens (tertiary/aromatic N) is 1. The molecular weight excluding hydrogens is 254 g/mol. The summed E-state index contributed by atoms with van der Waals surface area (Å²) >= 11 is 0. The first-order valence-electron chi connectivity index (χ1n) is 6.74. The Morgan fingerprint density at radius 1 is 1.30 bits per heavy atom. The minimum Gasteiger partial charge on any atom is -0.493 e. The molecule has 0 atom stereocenters. The molecule has 0 aliphatic carbocycles. The number of carbonyl (C=O) groups is 1. The number of nitrogens with two attached hydrogens (primary N) is 1. The second kappa shape index (κ2) is 7.14. The van der Waals surface area contributed by atoms with E-state index < -0.39 is 0 Å². The summed E-state index contributed by atoms with van der Waals surface area (Å²) in [6.07, 6.45) is 0.341. The summed E-state index contributed by atoms with van der Waals surface area (Å²) in [5, 5.41) is 2.92. The lowest BCUT2D eigenvalue weighted by atomic mass is 10.0. The fraction of sp³-hybridized carbons (Fsp3) is 0.533. The highest BCUT2D eigenvalue weighted by Gasteiger charge is 2.20. The molecule has 0 bridgehead atoms. The molecule has 1 rings (SSSR count). The first-order valence-corrected chi connectivity index (χ1v) is 6.74. The van der Waals surface area contributed by atoms with Gasteiger partial charge in [-0.1, -0.05) is 0 Å². The third-order valence-corrected chi connectivity index (χ3v) is 3.41.